The summed E-state index contributed by atoms with van der Waals surface area (Å²) in [6, 6.07) is 16.6. The molecule has 28 heavy (non-hydrogen) atoms. The monoisotopic (exact) mass is 382 g/mol. The highest BCUT2D eigenvalue weighted by Crippen LogP contribution is 2.27. The highest BCUT2D eigenvalue weighted by atomic mass is 16.5. The molecule has 0 amide bonds. The fraction of sp³-hybridized carbons (Fsp3) is 0.409. The van der Waals surface area contributed by atoms with E-state index in [1.807, 2.05) is 24.3 Å². The third kappa shape index (κ3) is 4.95. The van der Waals surface area contributed by atoms with Gasteiger partial charge in [-0.15, -0.1) is 0 Å². The molecule has 2 N–H and O–H groups in total. The molecule has 0 bridgehead atoms. The van der Waals surface area contributed by atoms with Gasteiger partial charge in [0, 0.05) is 20.0 Å². The number of guanidine groups is 1. The first-order chi connectivity index (χ1) is 13.6. The van der Waals surface area contributed by atoms with E-state index in [4.69, 9.17) is 9.47 Å². The van der Waals surface area contributed by atoms with Crippen LogP contribution in [0, 0.1) is 0 Å². The summed E-state index contributed by atoms with van der Waals surface area (Å²) in [4.78, 5) is 6.54. The van der Waals surface area contributed by atoms with Gasteiger partial charge in [-0.2, -0.15) is 0 Å². The summed E-state index contributed by atoms with van der Waals surface area (Å²) in [7, 11) is 7.63. The van der Waals surface area contributed by atoms with Crippen LogP contribution in [0.15, 0.2) is 53.5 Å². The normalized spacial score (nSPS) is 17.0. The topological polar surface area (TPSA) is 58.1 Å². The molecular weight excluding hydrogens is 352 g/mol. The lowest BCUT2D eigenvalue weighted by Crippen LogP contribution is -2.44. The maximum absolute atomic E-state index is 5.99. The highest BCUT2D eigenvalue weighted by Gasteiger charge is 2.22. The van der Waals surface area contributed by atoms with Crippen molar-refractivity contribution in [3.63, 3.8) is 0 Å². The fourth-order valence-corrected chi connectivity index (χ4v) is 3.44. The maximum Gasteiger partial charge on any atom is 0.191 e. The average molecular weight is 383 g/mol. The van der Waals surface area contributed by atoms with Crippen molar-refractivity contribution < 1.29 is 9.47 Å². The van der Waals surface area contributed by atoms with E-state index >= 15 is 0 Å². The predicted molar refractivity (Wildman–Crippen MR) is 113 cm³/mol. The van der Waals surface area contributed by atoms with E-state index < -0.39 is 0 Å². The molecule has 6 nitrogen and oxygen atoms in total. The number of methoxy groups -OCH3 is 1. The number of rotatable bonds is 7. The smallest absolute Gasteiger partial charge is 0.191 e. The van der Waals surface area contributed by atoms with Crippen molar-refractivity contribution in [1.82, 2.24) is 15.5 Å². The quantitative estimate of drug-likeness (QED) is 0.569. The van der Waals surface area contributed by atoms with E-state index in [0.29, 0.717) is 6.54 Å². The lowest BCUT2D eigenvalue weighted by molar-refractivity contribution is 0.234. The zero-order chi connectivity index (χ0) is 19.9. The SMILES string of the molecule is CN=C(NCC1Cc2ccccc2O1)NCC(c1cccc(OC)c1)N(C)C. The Kier molecular flexibility index (Phi) is 6.76. The van der Waals surface area contributed by atoms with Crippen LogP contribution in [0.4, 0.5) is 0 Å². The fourth-order valence-electron chi connectivity index (χ4n) is 3.44. The van der Waals surface area contributed by atoms with Gasteiger partial charge in [0.25, 0.3) is 0 Å². The highest BCUT2D eigenvalue weighted by molar-refractivity contribution is 5.79. The summed E-state index contributed by atoms with van der Waals surface area (Å²) in [5.74, 6) is 2.63. The molecule has 2 atom stereocenters. The molecule has 1 heterocycles. The van der Waals surface area contributed by atoms with Crippen molar-refractivity contribution in [3.8, 4) is 11.5 Å². The Labute approximate surface area is 167 Å². The molecule has 0 saturated carbocycles. The zero-order valence-corrected chi connectivity index (χ0v) is 17.1. The number of nitrogens with zero attached hydrogens (tertiary/aromatic N) is 2. The summed E-state index contributed by atoms with van der Waals surface area (Å²) in [5.41, 5.74) is 2.46. The average Bonchev–Trinajstić information content (AvgIpc) is 3.13. The summed E-state index contributed by atoms with van der Waals surface area (Å²) in [6.45, 7) is 1.44. The largest absolute Gasteiger partial charge is 0.497 e. The molecule has 6 heteroatoms. The Balaban J connectivity index is 1.54. The van der Waals surface area contributed by atoms with Crippen molar-refractivity contribution >= 4 is 5.96 Å². The molecule has 0 spiro atoms. The number of likely N-dealkylation sites (N-methyl/N-ethyl adjacent to an activating group) is 1. The molecule has 3 rings (SSSR count). The predicted octanol–water partition coefficient (Wildman–Crippen LogP) is 2.47. The molecule has 0 aliphatic carbocycles. The summed E-state index contributed by atoms with van der Waals surface area (Å²) >= 11 is 0. The van der Waals surface area contributed by atoms with Crippen LogP contribution < -0.4 is 20.1 Å². The van der Waals surface area contributed by atoms with Gasteiger partial charge in [-0.25, -0.2) is 0 Å². The summed E-state index contributed by atoms with van der Waals surface area (Å²) in [6.07, 6.45) is 1.04. The van der Waals surface area contributed by atoms with Crippen LogP contribution in [0.1, 0.15) is 17.2 Å². The first-order valence-corrected chi connectivity index (χ1v) is 9.60. The van der Waals surface area contributed by atoms with E-state index in [9.17, 15) is 0 Å². The van der Waals surface area contributed by atoms with Crippen LogP contribution in [-0.2, 0) is 6.42 Å². The zero-order valence-electron chi connectivity index (χ0n) is 17.1. The second-order valence-corrected chi connectivity index (χ2v) is 7.14. The molecule has 2 unspecified atom stereocenters. The number of hydrogen-bond donors (Lipinski definition) is 2. The van der Waals surface area contributed by atoms with Gasteiger partial charge in [0.15, 0.2) is 5.96 Å². The van der Waals surface area contributed by atoms with E-state index in [1.54, 1.807) is 14.2 Å². The van der Waals surface area contributed by atoms with E-state index in [-0.39, 0.29) is 12.1 Å². The Morgan fingerprint density at radius 3 is 2.75 bits per heavy atom. The molecule has 1 aliphatic rings. The number of benzene rings is 2. The molecule has 150 valence electrons. The second-order valence-electron chi connectivity index (χ2n) is 7.14. The minimum absolute atomic E-state index is 0.124. The van der Waals surface area contributed by atoms with Crippen molar-refractivity contribution in [2.45, 2.75) is 18.6 Å². The molecular formula is C22H30N4O2. The Morgan fingerprint density at radius 1 is 1.21 bits per heavy atom. The maximum atomic E-state index is 5.99. The Hall–Kier alpha value is -2.73. The van der Waals surface area contributed by atoms with E-state index in [2.05, 4.69) is 58.9 Å². The van der Waals surface area contributed by atoms with Gasteiger partial charge in [0.2, 0.25) is 0 Å². The number of ether oxygens (including phenoxy) is 2. The molecule has 0 saturated heterocycles. The number of nitrogens with one attached hydrogen (secondary N) is 2. The molecule has 2 aromatic rings. The van der Waals surface area contributed by atoms with Crippen molar-refractivity contribution in [3.05, 3.63) is 59.7 Å². The third-order valence-electron chi connectivity index (χ3n) is 5.00. The number of aliphatic imine (C=N–C) groups is 1. The van der Waals surface area contributed by atoms with Gasteiger partial charge in [0.1, 0.15) is 17.6 Å². The molecule has 0 aromatic heterocycles. The lowest BCUT2D eigenvalue weighted by atomic mass is 10.1. The minimum atomic E-state index is 0.124. The van der Waals surface area contributed by atoms with E-state index in [0.717, 1.165) is 30.4 Å². The third-order valence-corrected chi connectivity index (χ3v) is 5.00. The minimum Gasteiger partial charge on any atom is -0.497 e. The van der Waals surface area contributed by atoms with Crippen LogP contribution in [0.3, 0.4) is 0 Å². The molecule has 0 radical (unpaired) electrons. The van der Waals surface area contributed by atoms with Crippen molar-refractivity contribution in [2.24, 2.45) is 4.99 Å². The van der Waals surface area contributed by atoms with Gasteiger partial charge in [-0.05, 0) is 43.4 Å². The standard InChI is InChI=1S/C22H30N4O2/c1-23-22(24-14-19-13-17-8-5-6-11-21(17)28-19)25-15-20(26(2)3)16-9-7-10-18(12-16)27-4/h5-12,19-20H,13-15H2,1-4H3,(H2,23,24,25). The van der Waals surface area contributed by atoms with Crippen molar-refractivity contribution in [2.75, 3.05) is 41.3 Å². The first kappa shape index (κ1) is 20.0. The second kappa shape index (κ2) is 9.46. The van der Waals surface area contributed by atoms with Gasteiger partial charge in [-0.3, -0.25) is 4.99 Å². The van der Waals surface area contributed by atoms with Crippen LogP contribution in [0.25, 0.3) is 0 Å². The van der Waals surface area contributed by atoms with Crippen LogP contribution in [-0.4, -0.2) is 58.3 Å². The molecule has 0 fully saturated rings. The summed E-state index contributed by atoms with van der Waals surface area (Å²) in [5, 5.41) is 6.82. The Bertz CT molecular complexity index is 782. The van der Waals surface area contributed by atoms with Gasteiger partial charge in [-0.1, -0.05) is 30.3 Å². The first-order valence-electron chi connectivity index (χ1n) is 9.60. The van der Waals surface area contributed by atoms with E-state index in [1.165, 1.54) is 11.1 Å². The van der Waals surface area contributed by atoms with Crippen LogP contribution >= 0.6 is 0 Å². The van der Waals surface area contributed by atoms with Crippen LogP contribution in [0.2, 0.25) is 0 Å². The van der Waals surface area contributed by atoms with Gasteiger partial charge < -0.3 is 25.0 Å². The van der Waals surface area contributed by atoms with Crippen molar-refractivity contribution in [1.29, 1.82) is 0 Å². The molecule has 2 aromatic carbocycles. The Morgan fingerprint density at radius 2 is 2.04 bits per heavy atom. The van der Waals surface area contributed by atoms with Crippen LogP contribution in [0.5, 0.6) is 11.5 Å². The number of hydrogen-bond acceptors (Lipinski definition) is 4. The number of fused-ring (bicyclic) bond motifs is 1. The summed E-state index contributed by atoms with van der Waals surface area (Å²) < 4.78 is 11.4. The lowest BCUT2D eigenvalue weighted by Gasteiger charge is -2.26. The number of para-hydroxylation sites is 1. The van der Waals surface area contributed by atoms with Gasteiger partial charge in [0.05, 0.1) is 19.7 Å². The van der Waals surface area contributed by atoms with Gasteiger partial charge >= 0.3 is 0 Å². The molecule has 1 aliphatic heterocycles.